The molecule has 1 fully saturated rings. The molecule has 0 aliphatic carbocycles. The van der Waals surface area contributed by atoms with Crippen LogP contribution in [0.5, 0.6) is 0 Å². The smallest absolute Gasteiger partial charge is 0.244 e. The summed E-state index contributed by atoms with van der Waals surface area (Å²) in [6.45, 7) is 1.86. The highest BCUT2D eigenvalue weighted by Crippen LogP contribution is 2.20. The monoisotopic (exact) mass is 301 g/mol. The Balaban J connectivity index is 2.18. The molecule has 2 N–H and O–H groups in total. The Bertz CT molecular complexity index is 588. The molecule has 0 unspecified atom stereocenters. The van der Waals surface area contributed by atoms with E-state index in [-0.39, 0.29) is 16.6 Å². The maximum atomic E-state index is 12.4. The molecule has 0 radical (unpaired) electrons. The van der Waals surface area contributed by atoms with Crippen LogP contribution in [0.4, 0.5) is 0 Å². The molecular weight excluding hydrogens is 282 g/mol. The van der Waals surface area contributed by atoms with E-state index in [1.54, 1.807) is 7.05 Å². The lowest BCUT2D eigenvalue weighted by atomic mass is 10.1. The molecule has 0 spiro atoms. The standard InChI is InChI=1S/C12H19N3O4S/c1-14-5-3-9(4-6-14)15(2)20(18,19)10-7-11(12(16)17)13-8-10/h7-9,13H,3-6H2,1-2H3,(H,16,17). The quantitative estimate of drug-likeness (QED) is 0.652. The molecule has 0 bridgehead atoms. The van der Waals surface area contributed by atoms with E-state index >= 15 is 0 Å². The number of rotatable bonds is 4. The molecule has 112 valence electrons. The number of quaternary nitrogens is 1. The molecule has 0 aromatic carbocycles. The summed E-state index contributed by atoms with van der Waals surface area (Å²) >= 11 is 0. The van der Waals surface area contributed by atoms with Gasteiger partial charge in [-0.3, -0.25) is 0 Å². The summed E-state index contributed by atoms with van der Waals surface area (Å²) in [6.07, 6.45) is 2.80. The first kappa shape index (κ1) is 15.0. The fourth-order valence-electron chi connectivity index (χ4n) is 2.46. The van der Waals surface area contributed by atoms with Gasteiger partial charge in [-0.25, -0.2) is 8.42 Å². The number of hydrogen-bond acceptors (Lipinski definition) is 4. The van der Waals surface area contributed by atoms with Crippen molar-refractivity contribution < 1.29 is 23.2 Å². The number of sulfonamides is 1. The first-order valence-corrected chi connectivity index (χ1v) is 7.95. The van der Waals surface area contributed by atoms with Gasteiger partial charge in [0.2, 0.25) is 10.0 Å². The van der Waals surface area contributed by atoms with Crippen molar-refractivity contribution in [3.05, 3.63) is 18.0 Å². The minimum Gasteiger partial charge on any atom is -0.543 e. The average molecular weight is 301 g/mol. The van der Waals surface area contributed by atoms with Gasteiger partial charge in [-0.2, -0.15) is 4.31 Å². The molecule has 0 amide bonds. The zero-order chi connectivity index (χ0) is 14.9. The molecule has 1 aromatic heterocycles. The maximum Gasteiger partial charge on any atom is 0.244 e. The van der Waals surface area contributed by atoms with Crippen LogP contribution in [0, 0.1) is 0 Å². The molecule has 1 aromatic rings. The second kappa shape index (κ2) is 5.55. The number of nitrogens with zero attached hydrogens (tertiary/aromatic N) is 1. The highest BCUT2D eigenvalue weighted by atomic mass is 32.2. The summed E-state index contributed by atoms with van der Waals surface area (Å²) in [6, 6.07) is 1.06. The van der Waals surface area contributed by atoms with E-state index in [0.29, 0.717) is 0 Å². The van der Waals surface area contributed by atoms with Crippen molar-refractivity contribution in [1.29, 1.82) is 0 Å². The SMILES string of the molecule is CN(C1CC[NH+](C)CC1)S(=O)(=O)c1c[nH]c(C(=O)[O-])c1. The molecule has 0 saturated carbocycles. The molecule has 1 aliphatic heterocycles. The lowest BCUT2D eigenvalue weighted by molar-refractivity contribution is -0.885. The van der Waals surface area contributed by atoms with Crippen molar-refractivity contribution >= 4 is 16.0 Å². The Morgan fingerprint density at radius 2 is 2.05 bits per heavy atom. The van der Waals surface area contributed by atoms with Gasteiger partial charge < -0.3 is 19.8 Å². The Kier molecular flexibility index (Phi) is 4.17. The normalized spacial score (nSPS) is 23.9. The molecule has 0 atom stereocenters. The third-order valence-electron chi connectivity index (χ3n) is 3.88. The van der Waals surface area contributed by atoms with Gasteiger partial charge in [0.1, 0.15) is 4.90 Å². The van der Waals surface area contributed by atoms with Crippen LogP contribution in [0.3, 0.4) is 0 Å². The van der Waals surface area contributed by atoms with E-state index < -0.39 is 16.0 Å². The average Bonchev–Trinajstić information content (AvgIpc) is 2.89. The number of carbonyl (C=O) groups is 1. The lowest BCUT2D eigenvalue weighted by Crippen LogP contribution is -3.10. The van der Waals surface area contributed by atoms with Crippen molar-refractivity contribution in [1.82, 2.24) is 9.29 Å². The van der Waals surface area contributed by atoms with Gasteiger partial charge in [-0.1, -0.05) is 0 Å². The number of nitrogens with one attached hydrogen (secondary N) is 2. The number of aromatic nitrogens is 1. The van der Waals surface area contributed by atoms with Gasteiger partial charge >= 0.3 is 0 Å². The first-order chi connectivity index (χ1) is 9.32. The molecule has 20 heavy (non-hydrogen) atoms. The summed E-state index contributed by atoms with van der Waals surface area (Å²) in [5.41, 5.74) is -0.232. The predicted molar refractivity (Wildman–Crippen MR) is 69.7 cm³/mol. The first-order valence-electron chi connectivity index (χ1n) is 6.51. The molecule has 7 nitrogen and oxygen atoms in total. The van der Waals surface area contributed by atoms with Crippen LogP contribution in [0.2, 0.25) is 0 Å². The fraction of sp³-hybridized carbons (Fsp3) is 0.583. The number of aromatic amines is 1. The molecule has 1 aliphatic rings. The number of likely N-dealkylation sites (tertiary alicyclic amines) is 1. The third kappa shape index (κ3) is 2.87. The number of piperidine rings is 1. The second-order valence-electron chi connectivity index (χ2n) is 5.25. The van der Waals surface area contributed by atoms with Crippen LogP contribution in [0.1, 0.15) is 23.3 Å². The number of hydrogen-bond donors (Lipinski definition) is 2. The van der Waals surface area contributed by atoms with Gasteiger partial charge in [-0.15, -0.1) is 0 Å². The molecule has 1 saturated heterocycles. The van der Waals surface area contributed by atoms with Crippen molar-refractivity contribution in [3.63, 3.8) is 0 Å². The number of carboxylic acids is 1. The zero-order valence-electron chi connectivity index (χ0n) is 11.5. The zero-order valence-corrected chi connectivity index (χ0v) is 12.4. The number of aromatic carboxylic acids is 1. The highest BCUT2D eigenvalue weighted by molar-refractivity contribution is 7.89. The van der Waals surface area contributed by atoms with Gasteiger partial charge in [0, 0.05) is 32.1 Å². The Labute approximate surface area is 118 Å². The van der Waals surface area contributed by atoms with Crippen LogP contribution in [-0.2, 0) is 10.0 Å². The number of carboxylic acid groups (broad SMARTS) is 1. The third-order valence-corrected chi connectivity index (χ3v) is 5.76. The van der Waals surface area contributed by atoms with Crippen LogP contribution in [0.15, 0.2) is 17.2 Å². The Morgan fingerprint density at radius 3 is 2.55 bits per heavy atom. The topological polar surface area (TPSA) is 97.7 Å². The number of H-pyrrole nitrogens is 1. The molecule has 8 heteroatoms. The van der Waals surface area contributed by atoms with E-state index in [9.17, 15) is 18.3 Å². The predicted octanol–water partition coefficient (Wildman–Crippen LogP) is -2.32. The van der Waals surface area contributed by atoms with Crippen LogP contribution in [-0.4, -0.2) is 56.9 Å². The van der Waals surface area contributed by atoms with Gasteiger partial charge in [0.15, 0.2) is 0 Å². The number of carbonyl (C=O) groups excluding carboxylic acids is 1. The van der Waals surface area contributed by atoms with Crippen molar-refractivity contribution in [2.24, 2.45) is 0 Å². The van der Waals surface area contributed by atoms with Crippen molar-refractivity contribution in [2.75, 3.05) is 27.2 Å². The fourth-order valence-corrected chi connectivity index (χ4v) is 3.87. The summed E-state index contributed by atoms with van der Waals surface area (Å²) in [5.74, 6) is -1.42. The Morgan fingerprint density at radius 1 is 1.45 bits per heavy atom. The Hall–Kier alpha value is -1.38. The highest BCUT2D eigenvalue weighted by Gasteiger charge is 2.32. The van der Waals surface area contributed by atoms with Gasteiger partial charge in [-0.05, 0) is 6.07 Å². The van der Waals surface area contributed by atoms with E-state index in [2.05, 4.69) is 12.0 Å². The van der Waals surface area contributed by atoms with Crippen LogP contribution in [0.25, 0.3) is 0 Å². The molecule has 2 heterocycles. The van der Waals surface area contributed by atoms with Crippen LogP contribution < -0.4 is 10.0 Å². The summed E-state index contributed by atoms with van der Waals surface area (Å²) in [7, 11) is -0.0328. The second-order valence-corrected chi connectivity index (χ2v) is 7.24. The lowest BCUT2D eigenvalue weighted by Gasteiger charge is -2.32. The van der Waals surface area contributed by atoms with Crippen molar-refractivity contribution in [2.45, 2.75) is 23.8 Å². The molecular formula is C12H19N3O4S. The molecule has 2 rings (SSSR count). The largest absolute Gasteiger partial charge is 0.543 e. The van der Waals surface area contributed by atoms with Gasteiger partial charge in [0.25, 0.3) is 0 Å². The summed E-state index contributed by atoms with van der Waals surface area (Å²) in [5, 5.41) is 10.7. The van der Waals surface area contributed by atoms with E-state index in [0.717, 1.165) is 32.0 Å². The van der Waals surface area contributed by atoms with Crippen molar-refractivity contribution in [3.8, 4) is 0 Å². The van der Waals surface area contributed by atoms with E-state index in [1.807, 2.05) is 0 Å². The minimum absolute atomic E-state index is 0.0366. The van der Waals surface area contributed by atoms with Gasteiger partial charge in [0.05, 0.1) is 31.8 Å². The summed E-state index contributed by atoms with van der Waals surface area (Å²) in [4.78, 5) is 14.5. The maximum absolute atomic E-state index is 12.4. The van der Waals surface area contributed by atoms with E-state index in [1.165, 1.54) is 15.4 Å². The minimum atomic E-state index is -3.67. The van der Waals surface area contributed by atoms with Crippen LogP contribution >= 0.6 is 0 Å². The van der Waals surface area contributed by atoms with E-state index in [4.69, 9.17) is 0 Å². The summed E-state index contributed by atoms with van der Waals surface area (Å²) < 4.78 is 26.2.